The van der Waals surface area contributed by atoms with Gasteiger partial charge in [0.05, 0.1) is 17.8 Å². The third-order valence-corrected chi connectivity index (χ3v) is 5.91. The number of carbonyl (C=O) groups excluding carboxylic acids is 2. The van der Waals surface area contributed by atoms with Crippen molar-refractivity contribution < 1.29 is 27.5 Å². The average Bonchev–Trinajstić information content (AvgIpc) is 3.35. The van der Waals surface area contributed by atoms with Gasteiger partial charge in [-0.15, -0.1) is 0 Å². The molecule has 2 aliphatic rings. The van der Waals surface area contributed by atoms with Crippen LogP contribution < -0.4 is 5.32 Å². The first kappa shape index (κ1) is 19.8. The molecule has 10 heteroatoms. The normalized spacial score (nSPS) is 19.1. The molecule has 1 atom stereocenters. The first-order valence-corrected chi connectivity index (χ1v) is 10.0. The fourth-order valence-corrected chi connectivity index (χ4v) is 4.43. The summed E-state index contributed by atoms with van der Waals surface area (Å²) in [5.41, 5.74) is -0.0524. The third-order valence-electron chi connectivity index (χ3n) is 4.91. The molecular formula is C19H18F3N3O3S. The van der Waals surface area contributed by atoms with Gasteiger partial charge >= 0.3 is 6.18 Å². The van der Waals surface area contributed by atoms with Crippen molar-refractivity contribution >= 4 is 28.3 Å². The lowest BCUT2D eigenvalue weighted by Crippen LogP contribution is -2.35. The van der Waals surface area contributed by atoms with Crippen molar-refractivity contribution in [1.82, 2.24) is 9.88 Å². The molecular weight excluding hydrogens is 407 g/mol. The van der Waals surface area contributed by atoms with E-state index in [-0.39, 0.29) is 18.0 Å². The summed E-state index contributed by atoms with van der Waals surface area (Å²) in [7, 11) is 0. The first-order chi connectivity index (χ1) is 13.8. The topological polar surface area (TPSA) is 71.5 Å². The largest absolute Gasteiger partial charge is 0.416 e. The molecule has 3 heterocycles. The number of nitrogens with zero attached hydrogens (tertiary/aromatic N) is 2. The highest BCUT2D eigenvalue weighted by Gasteiger charge is 2.32. The predicted molar refractivity (Wildman–Crippen MR) is 99.6 cm³/mol. The Morgan fingerprint density at radius 1 is 1.31 bits per heavy atom. The van der Waals surface area contributed by atoms with Gasteiger partial charge in [-0.25, -0.2) is 4.98 Å². The zero-order chi connectivity index (χ0) is 20.6. The molecule has 154 valence electrons. The van der Waals surface area contributed by atoms with E-state index < -0.39 is 23.8 Å². The van der Waals surface area contributed by atoms with E-state index in [2.05, 4.69) is 10.3 Å². The zero-order valence-corrected chi connectivity index (χ0v) is 16.1. The Morgan fingerprint density at radius 3 is 2.86 bits per heavy atom. The van der Waals surface area contributed by atoms with E-state index in [0.717, 1.165) is 29.1 Å². The molecule has 1 saturated heterocycles. The smallest absolute Gasteiger partial charge is 0.368 e. The van der Waals surface area contributed by atoms with Gasteiger partial charge in [-0.1, -0.05) is 17.4 Å². The minimum Gasteiger partial charge on any atom is -0.368 e. The van der Waals surface area contributed by atoms with Crippen molar-refractivity contribution in [3.8, 4) is 0 Å². The van der Waals surface area contributed by atoms with Gasteiger partial charge in [0.15, 0.2) is 5.13 Å². The molecule has 1 aromatic carbocycles. The summed E-state index contributed by atoms with van der Waals surface area (Å²) >= 11 is 1.27. The third kappa shape index (κ3) is 4.27. The van der Waals surface area contributed by atoms with E-state index in [0.29, 0.717) is 31.1 Å². The second-order valence-electron chi connectivity index (χ2n) is 6.94. The Balaban J connectivity index is 1.45. The fraction of sp³-hybridized carbons (Fsp3) is 0.421. The highest BCUT2D eigenvalue weighted by molar-refractivity contribution is 7.15. The van der Waals surface area contributed by atoms with E-state index in [9.17, 15) is 22.8 Å². The molecule has 0 aliphatic carbocycles. The standard InChI is InChI=1S/C19H18F3N3O3S/c20-19(21,22)12-4-1-3-11(9-12)17(27)25-7-6-13-15(10-25)29-18(23-13)24-16(26)14-5-2-8-28-14/h1,3-4,9,14H,2,5-8,10H2,(H,23,24,26). The van der Waals surface area contributed by atoms with Crippen LogP contribution in [0.4, 0.5) is 18.3 Å². The van der Waals surface area contributed by atoms with E-state index in [1.54, 1.807) is 0 Å². The molecule has 6 nitrogen and oxygen atoms in total. The molecule has 0 radical (unpaired) electrons. The van der Waals surface area contributed by atoms with E-state index >= 15 is 0 Å². The number of hydrogen-bond donors (Lipinski definition) is 1. The number of thiazole rings is 1. The van der Waals surface area contributed by atoms with Crippen LogP contribution in [-0.2, 0) is 28.7 Å². The summed E-state index contributed by atoms with van der Waals surface area (Å²) in [4.78, 5) is 31.6. The summed E-state index contributed by atoms with van der Waals surface area (Å²) in [6.45, 7) is 1.17. The van der Waals surface area contributed by atoms with Crippen LogP contribution in [0.15, 0.2) is 24.3 Å². The van der Waals surface area contributed by atoms with Crippen molar-refractivity contribution in [2.45, 2.75) is 38.1 Å². The van der Waals surface area contributed by atoms with Gasteiger partial charge in [-0.2, -0.15) is 13.2 Å². The van der Waals surface area contributed by atoms with Crippen LogP contribution in [0, 0.1) is 0 Å². The van der Waals surface area contributed by atoms with Crippen LogP contribution in [0.25, 0.3) is 0 Å². The molecule has 2 aromatic rings. The maximum Gasteiger partial charge on any atom is 0.416 e. The van der Waals surface area contributed by atoms with Crippen LogP contribution in [0.3, 0.4) is 0 Å². The number of carbonyl (C=O) groups is 2. The number of alkyl halides is 3. The van der Waals surface area contributed by atoms with Gasteiger partial charge < -0.3 is 9.64 Å². The number of halogens is 3. The lowest BCUT2D eigenvalue weighted by molar-refractivity contribution is -0.137. The SMILES string of the molecule is O=C(Nc1nc2c(s1)CN(C(=O)c1cccc(C(F)(F)F)c1)CC2)C1CCCO1. The second kappa shape index (κ2) is 7.75. The molecule has 2 amide bonds. The number of aromatic nitrogens is 1. The van der Waals surface area contributed by atoms with Crippen LogP contribution in [0.2, 0.25) is 0 Å². The molecule has 1 unspecified atom stereocenters. The van der Waals surface area contributed by atoms with Crippen LogP contribution in [0.1, 0.15) is 39.3 Å². The number of fused-ring (bicyclic) bond motifs is 1. The van der Waals surface area contributed by atoms with Gasteiger partial charge in [0.25, 0.3) is 11.8 Å². The highest BCUT2D eigenvalue weighted by Crippen LogP contribution is 2.32. The molecule has 1 aromatic heterocycles. The minimum absolute atomic E-state index is 0.000279. The van der Waals surface area contributed by atoms with Crippen LogP contribution in [0.5, 0.6) is 0 Å². The monoisotopic (exact) mass is 425 g/mol. The van der Waals surface area contributed by atoms with Crippen LogP contribution >= 0.6 is 11.3 Å². The molecule has 1 fully saturated rings. The Bertz CT molecular complexity index is 938. The maximum absolute atomic E-state index is 12.9. The molecule has 2 aliphatic heterocycles. The maximum atomic E-state index is 12.9. The Morgan fingerprint density at radius 2 is 2.14 bits per heavy atom. The summed E-state index contributed by atoms with van der Waals surface area (Å²) < 4.78 is 44.1. The lowest BCUT2D eigenvalue weighted by atomic mass is 10.1. The van der Waals surface area contributed by atoms with Gasteiger partial charge in [-0.05, 0) is 31.0 Å². The molecule has 4 rings (SSSR count). The first-order valence-electron chi connectivity index (χ1n) is 9.19. The number of ether oxygens (including phenoxy) is 1. The van der Waals surface area contributed by atoms with Crippen molar-refractivity contribution in [2.75, 3.05) is 18.5 Å². The van der Waals surface area contributed by atoms with Crippen molar-refractivity contribution in [3.63, 3.8) is 0 Å². The van der Waals surface area contributed by atoms with Gasteiger partial charge in [0.1, 0.15) is 6.10 Å². The lowest BCUT2D eigenvalue weighted by Gasteiger charge is -2.26. The van der Waals surface area contributed by atoms with E-state index in [4.69, 9.17) is 4.74 Å². The molecule has 29 heavy (non-hydrogen) atoms. The second-order valence-corrected chi connectivity index (χ2v) is 8.02. The van der Waals surface area contributed by atoms with Gasteiger partial charge in [0, 0.05) is 30.0 Å². The van der Waals surface area contributed by atoms with Crippen molar-refractivity contribution in [2.24, 2.45) is 0 Å². The number of rotatable bonds is 3. The molecule has 1 N–H and O–H groups in total. The Hall–Kier alpha value is -2.46. The molecule has 0 bridgehead atoms. The zero-order valence-electron chi connectivity index (χ0n) is 15.3. The molecule has 0 saturated carbocycles. The summed E-state index contributed by atoms with van der Waals surface area (Å²) in [5, 5.41) is 3.20. The number of amides is 2. The Labute approximate surface area is 168 Å². The molecule has 0 spiro atoms. The highest BCUT2D eigenvalue weighted by atomic mass is 32.1. The summed E-state index contributed by atoms with van der Waals surface area (Å²) in [5.74, 6) is -0.689. The fourth-order valence-electron chi connectivity index (χ4n) is 3.40. The van der Waals surface area contributed by atoms with Gasteiger partial charge in [-0.3, -0.25) is 14.9 Å². The number of nitrogens with one attached hydrogen (secondary N) is 1. The van der Waals surface area contributed by atoms with Crippen LogP contribution in [-0.4, -0.2) is 41.0 Å². The number of anilines is 1. The number of benzene rings is 1. The Kier molecular flexibility index (Phi) is 5.30. The van der Waals surface area contributed by atoms with Crippen molar-refractivity contribution in [1.29, 1.82) is 0 Å². The van der Waals surface area contributed by atoms with Crippen molar-refractivity contribution in [3.05, 3.63) is 46.0 Å². The quantitative estimate of drug-likeness (QED) is 0.818. The predicted octanol–water partition coefficient (Wildman–Crippen LogP) is 3.48. The average molecular weight is 425 g/mol. The van der Waals surface area contributed by atoms with E-state index in [1.165, 1.54) is 28.4 Å². The minimum atomic E-state index is -4.50. The summed E-state index contributed by atoms with van der Waals surface area (Å²) in [6.07, 6.45) is -2.96. The number of hydrogen-bond acceptors (Lipinski definition) is 5. The van der Waals surface area contributed by atoms with E-state index in [1.807, 2.05) is 0 Å². The summed E-state index contributed by atoms with van der Waals surface area (Å²) in [6, 6.07) is 4.43. The van der Waals surface area contributed by atoms with Gasteiger partial charge in [0.2, 0.25) is 0 Å².